The predicted molar refractivity (Wildman–Crippen MR) is 170 cm³/mol. The standard InChI is InChI=1S/C34H52N4O6S/c1-6-23-18-34(23,30(42)37-45(43,44)24-13-14-24)36-28(40)25-19-33(31(4,5)32(33)15-10-16-32)20-38(25)29(41)27(21(2)3)35-26(39)17-22-11-8-7-9-12-22/h6,21-25,27H,1,7-20H2,2-5H3,(H,35,39)(H,36,40)(H,37,42)/t23-,25+,27+,33-,34-/m1/s1. The Kier molecular flexibility index (Phi) is 8.01. The molecule has 0 radical (unpaired) electrons. The van der Waals surface area contributed by atoms with Gasteiger partial charge >= 0.3 is 0 Å². The number of nitrogens with one attached hydrogen (secondary N) is 3. The minimum atomic E-state index is -3.81. The average molecular weight is 645 g/mol. The SMILES string of the molecule is C=C[C@@H]1C[C@]1(NC(=O)[C@@H]1C[C@@]2(CN1C(=O)[C@@H](NC(=O)CC1CCCCC1)C(C)C)C(C)(C)C21CCC1)C(=O)NS(=O)(=O)C1CC1. The molecular formula is C34H52N4O6S. The van der Waals surface area contributed by atoms with E-state index in [0.29, 0.717) is 38.1 Å². The Morgan fingerprint density at radius 1 is 0.956 bits per heavy atom. The maximum absolute atomic E-state index is 14.4. The summed E-state index contributed by atoms with van der Waals surface area (Å²) in [7, 11) is -3.81. The highest BCUT2D eigenvalue weighted by Gasteiger charge is 2.85. The average Bonchev–Trinajstić information content (AvgIpc) is 3.89. The fraction of sp³-hybridized carbons (Fsp3) is 0.824. The van der Waals surface area contributed by atoms with E-state index in [1.54, 1.807) is 11.0 Å². The third kappa shape index (κ3) is 5.14. The third-order valence-corrected chi connectivity index (χ3v) is 14.9. The van der Waals surface area contributed by atoms with E-state index in [9.17, 15) is 27.6 Å². The molecule has 1 heterocycles. The van der Waals surface area contributed by atoms with Gasteiger partial charge in [0, 0.05) is 24.3 Å². The van der Waals surface area contributed by atoms with Gasteiger partial charge < -0.3 is 15.5 Å². The van der Waals surface area contributed by atoms with Crippen molar-refractivity contribution in [2.75, 3.05) is 6.54 Å². The van der Waals surface area contributed by atoms with E-state index < -0.39 is 50.6 Å². The lowest BCUT2D eigenvalue weighted by molar-refractivity contribution is -0.143. The first-order valence-corrected chi connectivity index (χ1v) is 18.8. The van der Waals surface area contributed by atoms with E-state index in [0.717, 1.165) is 44.9 Å². The number of hydrogen-bond donors (Lipinski definition) is 3. The van der Waals surface area contributed by atoms with E-state index in [-0.39, 0.29) is 40.4 Å². The Labute approximate surface area is 268 Å². The van der Waals surface area contributed by atoms with Crippen LogP contribution in [0.4, 0.5) is 0 Å². The first-order chi connectivity index (χ1) is 21.1. The highest BCUT2D eigenvalue weighted by Crippen LogP contribution is 2.88. The summed E-state index contributed by atoms with van der Waals surface area (Å²) in [6.45, 7) is 12.6. The molecule has 0 aromatic rings. The molecule has 4 amide bonds. The molecule has 0 aromatic carbocycles. The summed E-state index contributed by atoms with van der Waals surface area (Å²) >= 11 is 0. The van der Waals surface area contributed by atoms with Gasteiger partial charge in [-0.1, -0.05) is 59.5 Å². The number of hydrogen-bond acceptors (Lipinski definition) is 6. The molecule has 0 unspecified atom stereocenters. The zero-order chi connectivity index (χ0) is 32.6. The van der Waals surface area contributed by atoms with Crippen LogP contribution in [0.1, 0.15) is 111 Å². The van der Waals surface area contributed by atoms with Crippen LogP contribution in [0.2, 0.25) is 0 Å². The van der Waals surface area contributed by atoms with Crippen molar-refractivity contribution in [3.05, 3.63) is 12.7 Å². The van der Waals surface area contributed by atoms with Crippen molar-refractivity contribution in [1.29, 1.82) is 0 Å². The quantitative estimate of drug-likeness (QED) is 0.294. The summed E-state index contributed by atoms with van der Waals surface area (Å²) in [6, 6.07) is -1.60. The topological polar surface area (TPSA) is 142 Å². The summed E-state index contributed by atoms with van der Waals surface area (Å²) in [5.74, 6) is -1.83. The van der Waals surface area contributed by atoms with Gasteiger partial charge in [-0.05, 0) is 74.0 Å². The van der Waals surface area contributed by atoms with Crippen LogP contribution in [-0.2, 0) is 29.2 Å². The van der Waals surface area contributed by atoms with Gasteiger partial charge in [0.1, 0.15) is 17.6 Å². The number of fused-ring (bicyclic) bond motifs is 1. The summed E-state index contributed by atoms with van der Waals surface area (Å²) in [5, 5.41) is 5.40. The van der Waals surface area contributed by atoms with Crippen LogP contribution in [0, 0.1) is 34.0 Å². The lowest BCUT2D eigenvalue weighted by Crippen LogP contribution is -2.59. The number of carbonyl (C=O) groups is 4. The van der Waals surface area contributed by atoms with Gasteiger partial charge in [-0.3, -0.25) is 23.9 Å². The lowest BCUT2D eigenvalue weighted by Gasteiger charge is -2.33. The molecule has 3 N–H and O–H groups in total. The van der Waals surface area contributed by atoms with Crippen LogP contribution >= 0.6 is 0 Å². The van der Waals surface area contributed by atoms with Gasteiger partial charge in [0.25, 0.3) is 5.91 Å². The molecular weight excluding hydrogens is 592 g/mol. The Hall–Kier alpha value is -2.43. The van der Waals surface area contributed by atoms with E-state index in [2.05, 4.69) is 35.8 Å². The van der Waals surface area contributed by atoms with Crippen molar-refractivity contribution < 1.29 is 27.6 Å². The van der Waals surface area contributed by atoms with Gasteiger partial charge in [0.2, 0.25) is 27.7 Å². The molecule has 6 rings (SSSR count). The normalized spacial score (nSPS) is 33.8. The molecule has 250 valence electrons. The Morgan fingerprint density at radius 3 is 2.13 bits per heavy atom. The molecule has 1 saturated heterocycles. The molecule has 5 saturated carbocycles. The summed E-state index contributed by atoms with van der Waals surface area (Å²) in [4.78, 5) is 57.0. The summed E-state index contributed by atoms with van der Waals surface area (Å²) in [5.41, 5.74) is -1.62. The van der Waals surface area contributed by atoms with Crippen LogP contribution < -0.4 is 15.4 Å². The predicted octanol–water partition coefficient (Wildman–Crippen LogP) is 3.56. The highest BCUT2D eigenvalue weighted by molar-refractivity contribution is 7.91. The number of rotatable bonds is 11. The number of nitrogens with zero attached hydrogens (tertiary/aromatic N) is 1. The molecule has 5 atom stereocenters. The number of amides is 4. The monoisotopic (exact) mass is 644 g/mol. The van der Waals surface area contributed by atoms with Gasteiger partial charge in [-0.15, -0.1) is 6.58 Å². The molecule has 11 heteroatoms. The maximum Gasteiger partial charge on any atom is 0.259 e. The lowest BCUT2D eigenvalue weighted by atomic mass is 9.73. The van der Waals surface area contributed by atoms with Crippen molar-refractivity contribution in [2.24, 2.45) is 34.0 Å². The highest BCUT2D eigenvalue weighted by atomic mass is 32.2. The van der Waals surface area contributed by atoms with Gasteiger partial charge in [-0.25, -0.2) is 8.42 Å². The van der Waals surface area contributed by atoms with Crippen molar-refractivity contribution in [1.82, 2.24) is 20.3 Å². The summed E-state index contributed by atoms with van der Waals surface area (Å²) in [6.07, 6.45) is 12.5. The van der Waals surface area contributed by atoms with E-state index in [1.165, 1.54) is 6.42 Å². The fourth-order valence-corrected chi connectivity index (χ4v) is 11.0. The molecule has 6 fully saturated rings. The Bertz CT molecular complexity index is 1380. The largest absolute Gasteiger partial charge is 0.344 e. The zero-order valence-electron chi connectivity index (χ0n) is 27.5. The van der Waals surface area contributed by atoms with Crippen molar-refractivity contribution >= 4 is 33.7 Å². The van der Waals surface area contributed by atoms with Crippen LogP contribution in [0.15, 0.2) is 12.7 Å². The van der Waals surface area contributed by atoms with Crippen molar-refractivity contribution in [2.45, 2.75) is 134 Å². The second kappa shape index (κ2) is 11.1. The van der Waals surface area contributed by atoms with E-state index in [1.807, 2.05) is 13.8 Å². The molecule has 6 aliphatic rings. The Balaban J connectivity index is 1.23. The minimum Gasteiger partial charge on any atom is -0.344 e. The fourth-order valence-electron chi connectivity index (χ4n) is 9.66. The molecule has 1 aliphatic heterocycles. The van der Waals surface area contributed by atoms with Crippen molar-refractivity contribution in [3.8, 4) is 0 Å². The minimum absolute atomic E-state index is 0.0556. The summed E-state index contributed by atoms with van der Waals surface area (Å²) < 4.78 is 27.5. The number of sulfonamides is 1. The molecule has 5 aliphatic carbocycles. The van der Waals surface area contributed by atoms with Crippen LogP contribution in [0.3, 0.4) is 0 Å². The second-order valence-electron chi connectivity index (χ2n) is 16.0. The van der Waals surface area contributed by atoms with Crippen LogP contribution in [0.25, 0.3) is 0 Å². The van der Waals surface area contributed by atoms with Gasteiger partial charge in [0.15, 0.2) is 0 Å². The van der Waals surface area contributed by atoms with Crippen LogP contribution in [-0.4, -0.2) is 66.4 Å². The molecule has 0 aromatic heterocycles. The smallest absolute Gasteiger partial charge is 0.259 e. The molecule has 45 heavy (non-hydrogen) atoms. The van der Waals surface area contributed by atoms with Crippen molar-refractivity contribution in [3.63, 3.8) is 0 Å². The Morgan fingerprint density at radius 2 is 1.62 bits per heavy atom. The maximum atomic E-state index is 14.4. The number of likely N-dealkylation sites (tertiary alicyclic amines) is 1. The second-order valence-corrected chi connectivity index (χ2v) is 18.0. The van der Waals surface area contributed by atoms with E-state index >= 15 is 0 Å². The van der Waals surface area contributed by atoms with Gasteiger partial charge in [-0.2, -0.15) is 0 Å². The molecule has 2 spiro atoms. The number of carbonyl (C=O) groups excluding carboxylic acids is 4. The zero-order valence-corrected chi connectivity index (χ0v) is 28.3. The van der Waals surface area contributed by atoms with E-state index in [4.69, 9.17) is 0 Å². The molecule has 0 bridgehead atoms. The van der Waals surface area contributed by atoms with Gasteiger partial charge in [0.05, 0.1) is 5.25 Å². The first-order valence-electron chi connectivity index (χ1n) is 17.3. The third-order valence-electron chi connectivity index (χ3n) is 13.1. The molecule has 10 nitrogen and oxygen atoms in total. The first kappa shape index (κ1) is 32.5. The van der Waals surface area contributed by atoms with Crippen LogP contribution in [0.5, 0.6) is 0 Å².